The highest BCUT2D eigenvalue weighted by Crippen LogP contribution is 2.29. The van der Waals surface area contributed by atoms with Crippen LogP contribution in [0.25, 0.3) is 0 Å². The van der Waals surface area contributed by atoms with Crippen LogP contribution >= 0.6 is 11.6 Å². The van der Waals surface area contributed by atoms with E-state index < -0.39 is 5.82 Å². The van der Waals surface area contributed by atoms with Crippen molar-refractivity contribution in [2.24, 2.45) is 0 Å². The minimum Gasteiger partial charge on any atom is -0.370 e. The molecule has 2 heterocycles. The van der Waals surface area contributed by atoms with Crippen LogP contribution in [-0.4, -0.2) is 35.8 Å². The van der Waals surface area contributed by atoms with Crippen LogP contribution in [0.2, 0.25) is 5.02 Å². The lowest BCUT2D eigenvalue weighted by Gasteiger charge is -2.33. The third-order valence-corrected chi connectivity index (χ3v) is 4.09. The highest BCUT2D eigenvalue weighted by atomic mass is 35.5. The Morgan fingerprint density at radius 2 is 2.33 bits per heavy atom. The van der Waals surface area contributed by atoms with Crippen LogP contribution in [0.3, 0.4) is 0 Å². The summed E-state index contributed by atoms with van der Waals surface area (Å²) in [5.74, 6) is 0.286. The van der Waals surface area contributed by atoms with E-state index in [1.807, 2.05) is 0 Å². The number of halogens is 2. The normalized spacial score (nSPS) is 17.8. The molecular weight excluding hydrogens is 337 g/mol. The number of carbonyl (C=O) groups is 1. The van der Waals surface area contributed by atoms with Gasteiger partial charge in [0.05, 0.1) is 19.7 Å². The Balaban J connectivity index is 1.61. The lowest BCUT2D eigenvalue weighted by Crippen LogP contribution is -2.47. The summed E-state index contributed by atoms with van der Waals surface area (Å²) in [6.07, 6.45) is -0.383. The van der Waals surface area contributed by atoms with Gasteiger partial charge in [-0.3, -0.25) is 0 Å². The molecule has 3 rings (SSSR count). The Hall–Kier alpha value is -2.12. The van der Waals surface area contributed by atoms with E-state index in [2.05, 4.69) is 10.5 Å². The molecule has 1 N–H and O–H groups in total. The number of urea groups is 1. The zero-order chi connectivity index (χ0) is 17.1. The van der Waals surface area contributed by atoms with Gasteiger partial charge in [-0.2, -0.15) is 0 Å². The molecule has 2 aromatic rings. The van der Waals surface area contributed by atoms with E-state index in [-0.39, 0.29) is 18.7 Å². The van der Waals surface area contributed by atoms with Crippen molar-refractivity contribution in [3.05, 3.63) is 52.1 Å². The number of rotatable bonds is 3. The van der Waals surface area contributed by atoms with Gasteiger partial charge in [-0.1, -0.05) is 22.8 Å². The first kappa shape index (κ1) is 16.7. The van der Waals surface area contributed by atoms with Crippen molar-refractivity contribution < 1.29 is 18.4 Å². The molecular formula is C16H17ClFN3O3. The summed E-state index contributed by atoms with van der Waals surface area (Å²) in [5, 5.41) is 6.92. The molecule has 0 saturated carbocycles. The third kappa shape index (κ3) is 3.85. The fourth-order valence-corrected chi connectivity index (χ4v) is 2.85. The molecule has 1 fully saturated rings. The number of aryl methyl sites for hydroxylation is 1. The number of morpholine rings is 1. The first-order valence-electron chi connectivity index (χ1n) is 7.54. The van der Waals surface area contributed by atoms with Crippen molar-refractivity contribution in [1.29, 1.82) is 0 Å². The van der Waals surface area contributed by atoms with Gasteiger partial charge in [0.15, 0.2) is 0 Å². The smallest absolute Gasteiger partial charge is 0.317 e. The summed E-state index contributed by atoms with van der Waals surface area (Å²) in [6.45, 7) is 3.27. The van der Waals surface area contributed by atoms with Gasteiger partial charge in [-0.05, 0) is 19.1 Å². The van der Waals surface area contributed by atoms with Gasteiger partial charge in [0.2, 0.25) is 0 Å². The number of aromatic nitrogens is 1. The van der Waals surface area contributed by atoms with Crippen LogP contribution in [0, 0.1) is 12.7 Å². The van der Waals surface area contributed by atoms with Gasteiger partial charge in [0.25, 0.3) is 0 Å². The second-order valence-electron chi connectivity index (χ2n) is 5.56. The van der Waals surface area contributed by atoms with Crippen LogP contribution in [-0.2, 0) is 11.3 Å². The van der Waals surface area contributed by atoms with Crippen molar-refractivity contribution in [3.8, 4) is 0 Å². The van der Waals surface area contributed by atoms with Gasteiger partial charge >= 0.3 is 6.03 Å². The molecule has 128 valence electrons. The number of amides is 2. The van der Waals surface area contributed by atoms with Crippen LogP contribution in [0.15, 0.2) is 28.8 Å². The molecule has 1 aliphatic heterocycles. The summed E-state index contributed by atoms with van der Waals surface area (Å²) in [5.41, 5.74) is 1.33. The Morgan fingerprint density at radius 1 is 1.50 bits per heavy atom. The quantitative estimate of drug-likeness (QED) is 0.920. The average molecular weight is 354 g/mol. The number of hydrogen-bond donors (Lipinski definition) is 1. The Morgan fingerprint density at radius 3 is 3.04 bits per heavy atom. The lowest BCUT2D eigenvalue weighted by atomic mass is 10.1. The number of nitrogens with one attached hydrogen (secondary N) is 1. The first-order chi connectivity index (χ1) is 11.5. The maximum Gasteiger partial charge on any atom is 0.317 e. The van der Waals surface area contributed by atoms with Gasteiger partial charge < -0.3 is 19.5 Å². The predicted octanol–water partition coefficient (Wildman–Crippen LogP) is 3.06. The number of benzene rings is 1. The third-order valence-electron chi connectivity index (χ3n) is 3.76. The molecule has 0 spiro atoms. The molecule has 1 atom stereocenters. The summed E-state index contributed by atoms with van der Waals surface area (Å²) in [6, 6.07) is 5.70. The molecule has 1 saturated heterocycles. The Kier molecular flexibility index (Phi) is 5.01. The van der Waals surface area contributed by atoms with Crippen molar-refractivity contribution in [1.82, 2.24) is 15.4 Å². The molecule has 1 aliphatic rings. The fraction of sp³-hybridized carbons (Fsp3) is 0.375. The monoisotopic (exact) mass is 353 g/mol. The minimum absolute atomic E-state index is 0.220. The van der Waals surface area contributed by atoms with E-state index in [4.69, 9.17) is 20.9 Å². The van der Waals surface area contributed by atoms with Crippen LogP contribution in [0.4, 0.5) is 9.18 Å². The van der Waals surface area contributed by atoms with Crippen molar-refractivity contribution >= 4 is 17.6 Å². The molecule has 1 aromatic heterocycles. The van der Waals surface area contributed by atoms with E-state index in [0.29, 0.717) is 41.7 Å². The maximum atomic E-state index is 13.2. The van der Waals surface area contributed by atoms with Crippen molar-refractivity contribution in [3.63, 3.8) is 0 Å². The standard InChI is InChI=1S/C16H17ClFN3O3/c1-10-6-12(20-24-10)8-19-16(22)21-4-5-23-15(9-21)13-3-2-11(18)7-14(13)17/h2-3,6-7,15H,4-5,8-9H2,1H3,(H,19,22). The predicted molar refractivity (Wildman–Crippen MR) is 85.2 cm³/mol. The van der Waals surface area contributed by atoms with Crippen LogP contribution in [0.5, 0.6) is 0 Å². The molecule has 1 unspecified atom stereocenters. The first-order valence-corrected chi connectivity index (χ1v) is 7.92. The lowest BCUT2D eigenvalue weighted by molar-refractivity contribution is -0.0154. The molecule has 0 radical (unpaired) electrons. The summed E-state index contributed by atoms with van der Waals surface area (Å²) >= 11 is 6.08. The minimum atomic E-state index is -0.405. The second-order valence-corrected chi connectivity index (χ2v) is 5.97. The van der Waals surface area contributed by atoms with Crippen molar-refractivity contribution in [2.45, 2.75) is 19.6 Å². The largest absolute Gasteiger partial charge is 0.370 e. The molecule has 1 aromatic carbocycles. The SMILES string of the molecule is Cc1cc(CNC(=O)N2CCOC(c3ccc(F)cc3Cl)C2)no1. The van der Waals surface area contributed by atoms with E-state index >= 15 is 0 Å². The summed E-state index contributed by atoms with van der Waals surface area (Å²) < 4.78 is 23.8. The molecule has 0 bridgehead atoms. The zero-order valence-corrected chi connectivity index (χ0v) is 13.8. The zero-order valence-electron chi connectivity index (χ0n) is 13.1. The van der Waals surface area contributed by atoms with Gasteiger partial charge in [0, 0.05) is 23.2 Å². The number of ether oxygens (including phenoxy) is 1. The molecule has 0 aliphatic carbocycles. The van der Waals surface area contributed by atoms with Gasteiger partial charge in [0.1, 0.15) is 23.4 Å². The highest BCUT2D eigenvalue weighted by Gasteiger charge is 2.27. The van der Waals surface area contributed by atoms with E-state index in [9.17, 15) is 9.18 Å². The Bertz CT molecular complexity index is 737. The van der Waals surface area contributed by atoms with E-state index in [1.165, 1.54) is 12.1 Å². The van der Waals surface area contributed by atoms with E-state index in [1.54, 1.807) is 24.0 Å². The summed E-state index contributed by atoms with van der Waals surface area (Å²) in [7, 11) is 0. The van der Waals surface area contributed by atoms with Crippen molar-refractivity contribution in [2.75, 3.05) is 19.7 Å². The van der Waals surface area contributed by atoms with Crippen LogP contribution < -0.4 is 5.32 Å². The van der Waals surface area contributed by atoms with Gasteiger partial charge in [-0.15, -0.1) is 0 Å². The average Bonchev–Trinajstić information content (AvgIpc) is 2.98. The topological polar surface area (TPSA) is 67.6 Å². The fourth-order valence-electron chi connectivity index (χ4n) is 2.56. The Labute approximate surface area is 143 Å². The molecule has 2 amide bonds. The number of hydrogen-bond acceptors (Lipinski definition) is 4. The molecule has 6 nitrogen and oxygen atoms in total. The van der Waals surface area contributed by atoms with Crippen LogP contribution in [0.1, 0.15) is 23.1 Å². The molecule has 24 heavy (non-hydrogen) atoms. The number of carbonyl (C=O) groups excluding carboxylic acids is 1. The number of nitrogens with zero attached hydrogens (tertiary/aromatic N) is 2. The second kappa shape index (κ2) is 7.19. The molecule has 8 heteroatoms. The van der Waals surface area contributed by atoms with Gasteiger partial charge in [-0.25, -0.2) is 9.18 Å². The highest BCUT2D eigenvalue weighted by molar-refractivity contribution is 6.31. The van der Waals surface area contributed by atoms with E-state index in [0.717, 1.165) is 0 Å². The summed E-state index contributed by atoms with van der Waals surface area (Å²) in [4.78, 5) is 13.9. The maximum absolute atomic E-state index is 13.2.